The molecule has 0 saturated carbocycles. The number of carbonyl (C=O) groups is 2. The van der Waals surface area contributed by atoms with Gasteiger partial charge < -0.3 is 10.2 Å². The zero-order valence-corrected chi connectivity index (χ0v) is 13.3. The van der Waals surface area contributed by atoms with E-state index in [0.29, 0.717) is 24.6 Å². The van der Waals surface area contributed by atoms with Gasteiger partial charge in [-0.25, -0.2) is 0 Å². The number of aromatic nitrogens is 4. The quantitative estimate of drug-likeness (QED) is 0.826. The van der Waals surface area contributed by atoms with E-state index in [-0.39, 0.29) is 24.2 Å². The van der Waals surface area contributed by atoms with Crippen LogP contribution in [0.1, 0.15) is 12.2 Å². The SMILES string of the molecule is C=CCN1CC(C(=O)Nc2cccc(-n3nnnc3C)c2)CC1=O. The van der Waals surface area contributed by atoms with E-state index in [1.54, 1.807) is 34.7 Å². The van der Waals surface area contributed by atoms with Gasteiger partial charge in [-0.3, -0.25) is 9.59 Å². The lowest BCUT2D eigenvalue weighted by Crippen LogP contribution is -2.28. The molecule has 2 heterocycles. The summed E-state index contributed by atoms with van der Waals surface area (Å²) < 4.78 is 1.58. The van der Waals surface area contributed by atoms with Gasteiger partial charge in [-0.1, -0.05) is 12.1 Å². The molecule has 1 N–H and O–H groups in total. The molecular weight excluding hydrogens is 308 g/mol. The molecule has 3 rings (SSSR count). The molecule has 24 heavy (non-hydrogen) atoms. The van der Waals surface area contributed by atoms with Crippen LogP contribution in [0.2, 0.25) is 0 Å². The summed E-state index contributed by atoms with van der Waals surface area (Å²) in [5.74, 6) is 0.115. The van der Waals surface area contributed by atoms with Crippen molar-refractivity contribution in [2.24, 2.45) is 5.92 Å². The van der Waals surface area contributed by atoms with E-state index in [4.69, 9.17) is 0 Å². The second-order valence-electron chi connectivity index (χ2n) is 5.67. The van der Waals surface area contributed by atoms with Crippen molar-refractivity contribution >= 4 is 17.5 Å². The van der Waals surface area contributed by atoms with Crippen LogP contribution in [0.15, 0.2) is 36.9 Å². The van der Waals surface area contributed by atoms with Gasteiger partial charge in [-0.15, -0.1) is 11.7 Å². The number of benzene rings is 1. The predicted molar refractivity (Wildman–Crippen MR) is 87.4 cm³/mol. The highest BCUT2D eigenvalue weighted by Gasteiger charge is 2.33. The number of hydrogen-bond donors (Lipinski definition) is 1. The molecule has 2 amide bonds. The molecule has 8 nitrogen and oxygen atoms in total. The number of hydrogen-bond acceptors (Lipinski definition) is 5. The summed E-state index contributed by atoms with van der Waals surface area (Å²) in [6.07, 6.45) is 1.89. The Morgan fingerprint density at radius 2 is 2.33 bits per heavy atom. The molecule has 1 atom stereocenters. The van der Waals surface area contributed by atoms with E-state index < -0.39 is 0 Å². The minimum absolute atomic E-state index is 0.0203. The fraction of sp³-hybridized carbons (Fsp3) is 0.312. The summed E-state index contributed by atoms with van der Waals surface area (Å²) in [4.78, 5) is 25.9. The fourth-order valence-corrected chi connectivity index (χ4v) is 2.71. The van der Waals surface area contributed by atoms with Crippen molar-refractivity contribution in [3.63, 3.8) is 0 Å². The Hall–Kier alpha value is -3.03. The van der Waals surface area contributed by atoms with Gasteiger partial charge in [0.05, 0.1) is 11.6 Å². The summed E-state index contributed by atoms with van der Waals surface area (Å²) in [5, 5.41) is 14.2. The maximum atomic E-state index is 12.4. The Kier molecular flexibility index (Phi) is 4.37. The molecule has 1 aromatic carbocycles. The Morgan fingerprint density at radius 3 is 3.04 bits per heavy atom. The van der Waals surface area contributed by atoms with Crippen LogP contribution in [0, 0.1) is 12.8 Å². The number of nitrogens with zero attached hydrogens (tertiary/aromatic N) is 5. The van der Waals surface area contributed by atoms with Crippen LogP contribution in [-0.2, 0) is 9.59 Å². The number of rotatable bonds is 5. The zero-order chi connectivity index (χ0) is 17.1. The standard InChI is InChI=1S/C16H18N6O2/c1-3-7-21-10-12(8-15(21)23)16(24)17-13-5-4-6-14(9-13)22-11(2)18-19-20-22/h3-6,9,12H,1,7-8,10H2,2H3,(H,17,24). The van der Waals surface area contributed by atoms with Gasteiger partial charge in [-0.2, -0.15) is 4.68 Å². The molecule has 1 unspecified atom stereocenters. The van der Waals surface area contributed by atoms with Gasteiger partial charge in [0.2, 0.25) is 11.8 Å². The number of aryl methyl sites for hydroxylation is 1. The first kappa shape index (κ1) is 15.9. The Morgan fingerprint density at radius 1 is 1.50 bits per heavy atom. The van der Waals surface area contributed by atoms with E-state index in [9.17, 15) is 9.59 Å². The average Bonchev–Trinajstić information content (AvgIpc) is 3.14. The van der Waals surface area contributed by atoms with Crippen LogP contribution in [0.4, 0.5) is 5.69 Å². The summed E-state index contributed by atoms with van der Waals surface area (Å²) in [5.41, 5.74) is 1.40. The number of nitrogens with one attached hydrogen (secondary N) is 1. The number of amides is 2. The van der Waals surface area contributed by atoms with Crippen molar-refractivity contribution in [3.8, 4) is 5.69 Å². The summed E-state index contributed by atoms with van der Waals surface area (Å²) in [6.45, 7) is 6.31. The van der Waals surface area contributed by atoms with Crippen LogP contribution in [0.5, 0.6) is 0 Å². The van der Waals surface area contributed by atoms with Crippen molar-refractivity contribution in [1.29, 1.82) is 0 Å². The molecule has 1 saturated heterocycles. The lowest BCUT2D eigenvalue weighted by atomic mass is 10.1. The first-order valence-electron chi connectivity index (χ1n) is 7.63. The third-order valence-electron chi connectivity index (χ3n) is 3.92. The summed E-state index contributed by atoms with van der Waals surface area (Å²) in [7, 11) is 0. The second kappa shape index (κ2) is 6.61. The third kappa shape index (κ3) is 3.17. The monoisotopic (exact) mass is 326 g/mol. The van der Waals surface area contributed by atoms with Crippen molar-refractivity contribution in [2.45, 2.75) is 13.3 Å². The normalized spacial score (nSPS) is 17.1. The van der Waals surface area contributed by atoms with Gasteiger partial charge in [0.1, 0.15) is 0 Å². The van der Waals surface area contributed by atoms with E-state index in [1.165, 1.54) is 0 Å². The largest absolute Gasteiger partial charge is 0.338 e. The van der Waals surface area contributed by atoms with Crippen LogP contribution in [-0.4, -0.2) is 50.0 Å². The van der Waals surface area contributed by atoms with E-state index in [2.05, 4.69) is 27.4 Å². The number of anilines is 1. The molecule has 1 fully saturated rings. The topological polar surface area (TPSA) is 93.0 Å². The Balaban J connectivity index is 1.70. The van der Waals surface area contributed by atoms with Crippen LogP contribution < -0.4 is 5.32 Å². The lowest BCUT2D eigenvalue weighted by Gasteiger charge is -2.14. The van der Waals surface area contributed by atoms with Crippen LogP contribution in [0.3, 0.4) is 0 Å². The second-order valence-corrected chi connectivity index (χ2v) is 5.67. The lowest BCUT2D eigenvalue weighted by molar-refractivity contribution is -0.127. The molecule has 2 aromatic rings. The minimum atomic E-state index is -0.351. The molecule has 1 aromatic heterocycles. The first-order valence-corrected chi connectivity index (χ1v) is 7.63. The highest BCUT2D eigenvalue weighted by Crippen LogP contribution is 2.21. The van der Waals surface area contributed by atoms with Crippen LogP contribution >= 0.6 is 0 Å². The van der Waals surface area contributed by atoms with Crippen molar-refractivity contribution in [2.75, 3.05) is 18.4 Å². The average molecular weight is 326 g/mol. The Labute approximate surface area is 139 Å². The van der Waals surface area contributed by atoms with Gasteiger partial charge in [0.15, 0.2) is 5.82 Å². The first-order chi connectivity index (χ1) is 11.6. The highest BCUT2D eigenvalue weighted by molar-refractivity contribution is 5.97. The molecule has 0 spiro atoms. The number of tetrazole rings is 1. The van der Waals surface area contributed by atoms with E-state index >= 15 is 0 Å². The maximum Gasteiger partial charge on any atom is 0.229 e. The molecular formula is C16H18N6O2. The smallest absolute Gasteiger partial charge is 0.229 e. The number of carbonyl (C=O) groups excluding carboxylic acids is 2. The Bertz CT molecular complexity index is 784. The fourth-order valence-electron chi connectivity index (χ4n) is 2.71. The van der Waals surface area contributed by atoms with Crippen molar-refractivity contribution in [3.05, 3.63) is 42.7 Å². The van der Waals surface area contributed by atoms with Gasteiger partial charge in [0.25, 0.3) is 0 Å². The molecule has 1 aliphatic rings. The van der Waals surface area contributed by atoms with Crippen molar-refractivity contribution in [1.82, 2.24) is 25.1 Å². The third-order valence-corrected chi connectivity index (χ3v) is 3.92. The van der Waals surface area contributed by atoms with Gasteiger partial charge in [-0.05, 0) is 35.5 Å². The molecule has 8 heteroatoms. The maximum absolute atomic E-state index is 12.4. The summed E-state index contributed by atoms with van der Waals surface area (Å²) >= 11 is 0. The van der Waals surface area contributed by atoms with Gasteiger partial charge >= 0.3 is 0 Å². The molecule has 0 radical (unpaired) electrons. The molecule has 124 valence electrons. The van der Waals surface area contributed by atoms with E-state index in [1.807, 2.05) is 12.1 Å². The molecule has 1 aliphatic heterocycles. The molecule has 0 bridgehead atoms. The minimum Gasteiger partial charge on any atom is -0.338 e. The molecule has 0 aliphatic carbocycles. The highest BCUT2D eigenvalue weighted by atomic mass is 16.2. The zero-order valence-electron chi connectivity index (χ0n) is 13.3. The predicted octanol–water partition coefficient (Wildman–Crippen LogP) is 0.944. The van der Waals surface area contributed by atoms with E-state index in [0.717, 1.165) is 5.69 Å². The van der Waals surface area contributed by atoms with Crippen LogP contribution in [0.25, 0.3) is 5.69 Å². The summed E-state index contributed by atoms with van der Waals surface area (Å²) in [6, 6.07) is 7.25. The van der Waals surface area contributed by atoms with Gasteiger partial charge in [0, 0.05) is 25.2 Å². The van der Waals surface area contributed by atoms with Crippen molar-refractivity contribution < 1.29 is 9.59 Å². The number of likely N-dealkylation sites (tertiary alicyclic amines) is 1.